The van der Waals surface area contributed by atoms with Gasteiger partial charge < -0.3 is 31.1 Å². The first-order chi connectivity index (χ1) is 19.0. The second-order valence-corrected chi connectivity index (χ2v) is 10.3. The lowest BCUT2D eigenvalue weighted by molar-refractivity contribution is -0.111. The van der Waals surface area contributed by atoms with Crippen molar-refractivity contribution in [3.05, 3.63) is 89.6 Å². The quantitative estimate of drug-likeness (QED) is 0.177. The third-order valence-electron chi connectivity index (χ3n) is 6.69. The zero-order valence-electron chi connectivity index (χ0n) is 23.8. The predicted molar refractivity (Wildman–Crippen MR) is 158 cm³/mol. The molecule has 0 aromatic heterocycles. The Labute approximate surface area is 236 Å². The summed E-state index contributed by atoms with van der Waals surface area (Å²) in [7, 11) is 3.92. The molecule has 10 heteroatoms. The first kappa shape index (κ1) is 30.1. The standard InChI is InChI=1S/C30H39N7O3/c1-7-25(38)33-22-16-14-21(15-17-22)28(39)35-27(31)23-18-37(30(3,4)26(23)32-8-2)29(40)34-24(19-36(5)6)20-12-10-9-11-13-20/h7,9-17,24,32H,1,8,18-19H2,2-6H3,(H,33,38)(H,34,40)(H2,31,35,39)/t24-/m1/s1. The van der Waals surface area contributed by atoms with Crippen LogP contribution in [0.15, 0.2) is 78.5 Å². The average molecular weight is 546 g/mol. The summed E-state index contributed by atoms with van der Waals surface area (Å²) in [5.74, 6) is -0.900. The molecular weight excluding hydrogens is 506 g/mol. The molecule has 2 aromatic carbocycles. The predicted octanol–water partition coefficient (Wildman–Crippen LogP) is 3.49. The number of benzene rings is 2. The van der Waals surface area contributed by atoms with Gasteiger partial charge in [0, 0.05) is 35.6 Å². The van der Waals surface area contributed by atoms with Crippen molar-refractivity contribution in [1.29, 1.82) is 5.41 Å². The minimum Gasteiger partial charge on any atom is -0.386 e. The molecule has 0 saturated carbocycles. The highest BCUT2D eigenvalue weighted by Crippen LogP contribution is 2.33. The molecule has 1 aliphatic heterocycles. The van der Waals surface area contributed by atoms with E-state index in [0.29, 0.717) is 35.6 Å². The third kappa shape index (κ3) is 7.15. The van der Waals surface area contributed by atoms with Crippen LogP contribution in [0.1, 0.15) is 42.7 Å². The van der Waals surface area contributed by atoms with Gasteiger partial charge >= 0.3 is 6.03 Å². The van der Waals surface area contributed by atoms with Crippen LogP contribution in [-0.4, -0.2) is 72.7 Å². The molecule has 1 aliphatic rings. The molecule has 2 aromatic rings. The van der Waals surface area contributed by atoms with Gasteiger partial charge in [0.25, 0.3) is 5.91 Å². The summed E-state index contributed by atoms with van der Waals surface area (Å²) in [6.07, 6.45) is 1.16. The molecule has 5 N–H and O–H groups in total. The molecule has 4 amide bonds. The van der Waals surface area contributed by atoms with Crippen LogP contribution in [0.3, 0.4) is 0 Å². The number of nitrogens with one attached hydrogen (secondary N) is 5. The number of hydrogen-bond acceptors (Lipinski definition) is 6. The maximum Gasteiger partial charge on any atom is 0.318 e. The molecule has 10 nitrogen and oxygen atoms in total. The number of carbonyl (C=O) groups excluding carboxylic acids is 3. The van der Waals surface area contributed by atoms with Crippen molar-refractivity contribution in [3.8, 4) is 0 Å². The monoisotopic (exact) mass is 545 g/mol. The third-order valence-corrected chi connectivity index (χ3v) is 6.69. The summed E-state index contributed by atoms with van der Waals surface area (Å²) < 4.78 is 0. The molecule has 0 bridgehead atoms. The van der Waals surface area contributed by atoms with Crippen molar-refractivity contribution in [2.45, 2.75) is 32.4 Å². The number of urea groups is 1. The highest BCUT2D eigenvalue weighted by atomic mass is 16.2. The lowest BCUT2D eigenvalue weighted by Gasteiger charge is -2.36. The molecule has 0 saturated heterocycles. The van der Waals surface area contributed by atoms with Crippen molar-refractivity contribution in [2.75, 3.05) is 39.0 Å². The summed E-state index contributed by atoms with van der Waals surface area (Å²) in [6, 6.07) is 15.6. The largest absolute Gasteiger partial charge is 0.386 e. The highest BCUT2D eigenvalue weighted by molar-refractivity contribution is 6.12. The van der Waals surface area contributed by atoms with Crippen LogP contribution in [-0.2, 0) is 4.79 Å². The highest BCUT2D eigenvalue weighted by Gasteiger charge is 2.44. The summed E-state index contributed by atoms with van der Waals surface area (Å²) in [6.45, 7) is 10.6. The first-order valence-electron chi connectivity index (χ1n) is 13.2. The topological polar surface area (TPSA) is 130 Å². The number of anilines is 1. The zero-order chi connectivity index (χ0) is 29.4. The molecule has 0 radical (unpaired) electrons. The van der Waals surface area contributed by atoms with Gasteiger partial charge in [0.2, 0.25) is 5.91 Å². The molecule has 1 atom stereocenters. The van der Waals surface area contributed by atoms with Gasteiger partial charge in [0.1, 0.15) is 5.84 Å². The Bertz CT molecular complexity index is 1280. The number of likely N-dealkylation sites (N-methyl/N-ethyl adjacent to an activating group) is 2. The number of nitrogens with zero attached hydrogens (tertiary/aromatic N) is 2. The van der Waals surface area contributed by atoms with Crippen LogP contribution < -0.4 is 21.3 Å². The normalized spacial score (nSPS) is 14.9. The maximum absolute atomic E-state index is 13.7. The van der Waals surface area contributed by atoms with E-state index in [4.69, 9.17) is 5.41 Å². The van der Waals surface area contributed by atoms with Gasteiger partial charge in [0.05, 0.1) is 18.1 Å². The molecule has 212 valence electrons. The Balaban J connectivity index is 1.78. The Hall–Kier alpha value is -4.44. The van der Waals surface area contributed by atoms with E-state index in [2.05, 4.69) is 27.8 Å². The van der Waals surface area contributed by atoms with Gasteiger partial charge in [-0.2, -0.15) is 0 Å². The number of carbonyl (C=O) groups is 3. The van der Waals surface area contributed by atoms with Gasteiger partial charge in [-0.25, -0.2) is 4.79 Å². The van der Waals surface area contributed by atoms with Gasteiger partial charge in [-0.1, -0.05) is 36.9 Å². The van der Waals surface area contributed by atoms with Crippen molar-refractivity contribution >= 4 is 29.4 Å². The van der Waals surface area contributed by atoms with Crippen LogP contribution >= 0.6 is 0 Å². The number of amides is 4. The average Bonchev–Trinajstić information content (AvgIpc) is 3.19. The van der Waals surface area contributed by atoms with E-state index in [1.54, 1.807) is 29.2 Å². The fraction of sp³-hybridized carbons (Fsp3) is 0.333. The molecule has 3 rings (SSSR count). The van der Waals surface area contributed by atoms with Crippen LogP contribution in [0.25, 0.3) is 0 Å². The minimum absolute atomic E-state index is 0.0822. The smallest absolute Gasteiger partial charge is 0.318 e. The van der Waals surface area contributed by atoms with Crippen molar-refractivity contribution < 1.29 is 14.4 Å². The van der Waals surface area contributed by atoms with Crippen molar-refractivity contribution in [1.82, 2.24) is 25.8 Å². The summed E-state index contributed by atoms with van der Waals surface area (Å²) in [5.41, 5.74) is 2.34. The first-order valence-corrected chi connectivity index (χ1v) is 13.2. The Morgan fingerprint density at radius 3 is 2.33 bits per heavy atom. The number of hydrogen-bond donors (Lipinski definition) is 5. The van der Waals surface area contributed by atoms with Gasteiger partial charge in [-0.05, 0) is 70.8 Å². The van der Waals surface area contributed by atoms with Crippen LogP contribution in [0.2, 0.25) is 0 Å². The van der Waals surface area contributed by atoms with Gasteiger partial charge in [-0.15, -0.1) is 0 Å². The second-order valence-electron chi connectivity index (χ2n) is 10.3. The number of rotatable bonds is 10. The molecule has 0 spiro atoms. The van der Waals surface area contributed by atoms with E-state index < -0.39 is 11.4 Å². The fourth-order valence-corrected chi connectivity index (χ4v) is 4.64. The Morgan fingerprint density at radius 2 is 1.75 bits per heavy atom. The fourth-order valence-electron chi connectivity index (χ4n) is 4.64. The number of amidine groups is 1. The molecular formula is C30H39N7O3. The molecule has 40 heavy (non-hydrogen) atoms. The SMILES string of the molecule is C=CC(=O)Nc1ccc(C(=O)NC(=N)C2=C(NCC)C(C)(C)N(C(=O)N[C@H](CN(C)C)c3ccccc3)C2)cc1. The van der Waals surface area contributed by atoms with Crippen LogP contribution in [0.4, 0.5) is 10.5 Å². The summed E-state index contributed by atoms with van der Waals surface area (Å²) in [4.78, 5) is 41.8. The van der Waals surface area contributed by atoms with E-state index in [1.165, 1.54) is 0 Å². The van der Waals surface area contributed by atoms with Crippen LogP contribution in [0.5, 0.6) is 0 Å². The molecule has 0 aliphatic carbocycles. The van der Waals surface area contributed by atoms with Gasteiger partial charge in [-0.3, -0.25) is 15.0 Å². The lowest BCUT2D eigenvalue weighted by atomic mass is 9.99. The lowest BCUT2D eigenvalue weighted by Crippen LogP contribution is -2.52. The molecule has 0 unspecified atom stereocenters. The summed E-state index contributed by atoms with van der Waals surface area (Å²) in [5, 5.41) is 20.5. The van der Waals surface area contributed by atoms with E-state index in [1.807, 2.05) is 70.1 Å². The Kier molecular flexibility index (Phi) is 9.84. The minimum atomic E-state index is -0.753. The second kappa shape index (κ2) is 13.1. The van der Waals surface area contributed by atoms with Crippen molar-refractivity contribution in [3.63, 3.8) is 0 Å². The van der Waals surface area contributed by atoms with Crippen LogP contribution in [0, 0.1) is 5.41 Å². The Morgan fingerprint density at radius 1 is 1.10 bits per heavy atom. The van der Waals surface area contributed by atoms with Crippen molar-refractivity contribution in [2.24, 2.45) is 0 Å². The van der Waals surface area contributed by atoms with Gasteiger partial charge in [0.15, 0.2) is 0 Å². The summed E-state index contributed by atoms with van der Waals surface area (Å²) >= 11 is 0. The maximum atomic E-state index is 13.7. The van der Waals surface area contributed by atoms with E-state index in [-0.39, 0.29) is 30.4 Å². The molecule has 0 fully saturated rings. The molecule has 1 heterocycles. The zero-order valence-corrected chi connectivity index (χ0v) is 23.8. The van der Waals surface area contributed by atoms with E-state index in [9.17, 15) is 14.4 Å². The van der Waals surface area contributed by atoms with E-state index in [0.717, 1.165) is 11.6 Å². The van der Waals surface area contributed by atoms with E-state index >= 15 is 0 Å².